The van der Waals surface area contributed by atoms with Crippen LogP contribution in [0.1, 0.15) is 19.0 Å². The predicted octanol–water partition coefficient (Wildman–Crippen LogP) is 2.47. The number of nitrogens with one attached hydrogen (secondary N) is 1. The summed E-state index contributed by atoms with van der Waals surface area (Å²) in [6.07, 6.45) is 3.12. The second-order valence-electron chi connectivity index (χ2n) is 4.77. The summed E-state index contributed by atoms with van der Waals surface area (Å²) in [5.74, 6) is 1.67. The van der Waals surface area contributed by atoms with E-state index in [-0.39, 0.29) is 0 Å². The maximum atomic E-state index is 5.69. The van der Waals surface area contributed by atoms with Crippen molar-refractivity contribution in [3.05, 3.63) is 42.2 Å². The molecule has 1 heterocycles. The van der Waals surface area contributed by atoms with Gasteiger partial charge in [0.05, 0.1) is 19.3 Å². The van der Waals surface area contributed by atoms with Gasteiger partial charge in [0.2, 0.25) is 0 Å². The highest BCUT2D eigenvalue weighted by molar-refractivity contribution is 5.31. The van der Waals surface area contributed by atoms with Crippen molar-refractivity contribution >= 4 is 0 Å². The molecule has 0 saturated carbocycles. The predicted molar refractivity (Wildman–Crippen MR) is 82.7 cm³/mol. The van der Waals surface area contributed by atoms with Crippen LogP contribution in [0.5, 0.6) is 11.5 Å². The van der Waals surface area contributed by atoms with Crippen molar-refractivity contribution in [2.75, 3.05) is 20.3 Å². The molecular formula is C16H23N3O2. The normalized spacial score (nSPS) is 10.6. The molecular weight excluding hydrogens is 266 g/mol. The van der Waals surface area contributed by atoms with Gasteiger partial charge < -0.3 is 14.8 Å². The van der Waals surface area contributed by atoms with Gasteiger partial charge in [0.25, 0.3) is 0 Å². The van der Waals surface area contributed by atoms with Crippen molar-refractivity contribution in [3.63, 3.8) is 0 Å². The number of ether oxygens (including phenoxy) is 2. The van der Waals surface area contributed by atoms with Gasteiger partial charge in [-0.05, 0) is 43.3 Å². The molecule has 0 aliphatic heterocycles. The summed E-state index contributed by atoms with van der Waals surface area (Å²) in [4.78, 5) is 0. The van der Waals surface area contributed by atoms with Gasteiger partial charge in [-0.15, -0.1) is 0 Å². The van der Waals surface area contributed by atoms with Crippen LogP contribution < -0.4 is 14.8 Å². The van der Waals surface area contributed by atoms with Crippen LogP contribution in [0.3, 0.4) is 0 Å². The summed E-state index contributed by atoms with van der Waals surface area (Å²) in [5.41, 5.74) is 1.06. The summed E-state index contributed by atoms with van der Waals surface area (Å²) < 4.78 is 12.7. The van der Waals surface area contributed by atoms with E-state index in [2.05, 4.69) is 17.3 Å². The first-order valence-electron chi connectivity index (χ1n) is 7.31. The van der Waals surface area contributed by atoms with Crippen molar-refractivity contribution < 1.29 is 9.47 Å². The number of rotatable bonds is 9. The minimum Gasteiger partial charge on any atom is -0.497 e. The second-order valence-corrected chi connectivity index (χ2v) is 4.77. The Kier molecular flexibility index (Phi) is 6.09. The molecule has 0 atom stereocenters. The quantitative estimate of drug-likeness (QED) is 0.720. The molecule has 0 aliphatic rings. The zero-order chi connectivity index (χ0) is 14.9. The zero-order valence-corrected chi connectivity index (χ0v) is 12.7. The van der Waals surface area contributed by atoms with Crippen LogP contribution in [0.2, 0.25) is 0 Å². The van der Waals surface area contributed by atoms with Crippen LogP contribution in [-0.2, 0) is 13.1 Å². The molecule has 0 unspecified atom stereocenters. The Morgan fingerprint density at radius 3 is 2.62 bits per heavy atom. The van der Waals surface area contributed by atoms with Crippen LogP contribution >= 0.6 is 0 Å². The molecule has 0 spiro atoms. The first kappa shape index (κ1) is 15.4. The highest BCUT2D eigenvalue weighted by atomic mass is 16.5. The Balaban J connectivity index is 1.72. The summed E-state index contributed by atoms with van der Waals surface area (Å²) in [7, 11) is 1.65. The molecule has 1 N–H and O–H groups in total. The highest BCUT2D eigenvalue weighted by Crippen LogP contribution is 2.16. The lowest BCUT2D eigenvalue weighted by Gasteiger charge is -2.07. The number of methoxy groups -OCH3 is 1. The third kappa shape index (κ3) is 5.11. The fraction of sp³-hybridized carbons (Fsp3) is 0.438. The molecule has 0 radical (unpaired) electrons. The van der Waals surface area contributed by atoms with Crippen molar-refractivity contribution in [1.29, 1.82) is 0 Å². The third-order valence-corrected chi connectivity index (χ3v) is 3.08. The topological polar surface area (TPSA) is 48.3 Å². The fourth-order valence-corrected chi connectivity index (χ4v) is 1.94. The number of nitrogens with zero attached hydrogens (tertiary/aromatic N) is 2. The van der Waals surface area contributed by atoms with Gasteiger partial charge in [-0.25, -0.2) is 0 Å². The van der Waals surface area contributed by atoms with E-state index in [9.17, 15) is 0 Å². The van der Waals surface area contributed by atoms with Crippen LogP contribution in [0.15, 0.2) is 36.5 Å². The second kappa shape index (κ2) is 8.32. The van der Waals surface area contributed by atoms with Crippen molar-refractivity contribution in [3.8, 4) is 11.5 Å². The van der Waals surface area contributed by atoms with Crippen LogP contribution in [0.4, 0.5) is 0 Å². The van der Waals surface area contributed by atoms with Crippen molar-refractivity contribution in [2.45, 2.75) is 26.4 Å². The Labute approximate surface area is 125 Å². The lowest BCUT2D eigenvalue weighted by molar-refractivity contribution is 0.290. The summed E-state index contributed by atoms with van der Waals surface area (Å²) in [5, 5.41) is 7.83. The Hall–Kier alpha value is -2.01. The van der Waals surface area contributed by atoms with Crippen LogP contribution in [0, 0.1) is 0 Å². The number of aromatic nitrogens is 2. The molecule has 0 aliphatic carbocycles. The maximum absolute atomic E-state index is 5.69. The van der Waals surface area contributed by atoms with Gasteiger partial charge >= 0.3 is 0 Å². The lowest BCUT2D eigenvalue weighted by atomic mass is 10.3. The first-order chi connectivity index (χ1) is 10.3. The van der Waals surface area contributed by atoms with Gasteiger partial charge in [0.15, 0.2) is 0 Å². The summed E-state index contributed by atoms with van der Waals surface area (Å²) >= 11 is 0. The third-order valence-electron chi connectivity index (χ3n) is 3.08. The Bertz CT molecular complexity index is 523. The number of benzene rings is 1. The van der Waals surface area contributed by atoms with Crippen molar-refractivity contribution in [2.24, 2.45) is 0 Å². The van der Waals surface area contributed by atoms with Gasteiger partial charge in [-0.3, -0.25) is 4.68 Å². The molecule has 2 rings (SSSR count). The molecule has 0 amide bonds. The molecule has 114 valence electrons. The fourth-order valence-electron chi connectivity index (χ4n) is 1.94. The summed E-state index contributed by atoms with van der Waals surface area (Å²) in [6.45, 7) is 5.32. The molecule has 2 aromatic rings. The minimum atomic E-state index is 0.593. The van der Waals surface area contributed by atoms with E-state index >= 15 is 0 Å². The van der Waals surface area contributed by atoms with E-state index in [1.807, 2.05) is 41.2 Å². The van der Waals surface area contributed by atoms with Gasteiger partial charge in [0.1, 0.15) is 18.1 Å². The molecule has 5 nitrogen and oxygen atoms in total. The van der Waals surface area contributed by atoms with Crippen molar-refractivity contribution in [1.82, 2.24) is 15.1 Å². The smallest absolute Gasteiger partial charge is 0.119 e. The van der Waals surface area contributed by atoms with E-state index in [4.69, 9.17) is 9.47 Å². The highest BCUT2D eigenvalue weighted by Gasteiger charge is 2.00. The van der Waals surface area contributed by atoms with E-state index in [0.29, 0.717) is 6.61 Å². The van der Waals surface area contributed by atoms with E-state index in [0.717, 1.165) is 43.2 Å². The number of hydrogen-bond acceptors (Lipinski definition) is 4. The van der Waals surface area contributed by atoms with Gasteiger partial charge in [-0.1, -0.05) is 6.92 Å². The van der Waals surface area contributed by atoms with Crippen LogP contribution in [0.25, 0.3) is 0 Å². The largest absolute Gasteiger partial charge is 0.497 e. The van der Waals surface area contributed by atoms with Gasteiger partial charge in [-0.2, -0.15) is 5.10 Å². The molecule has 1 aromatic carbocycles. The van der Waals surface area contributed by atoms with Crippen LogP contribution in [-0.4, -0.2) is 30.0 Å². The molecule has 1 aromatic heterocycles. The standard InChI is InChI=1S/C16H23N3O2/c1-3-9-17-13-14-8-10-19(18-14)11-12-21-16-6-4-15(20-2)5-7-16/h4-8,10,17H,3,9,11-13H2,1-2H3. The van der Waals surface area contributed by atoms with E-state index < -0.39 is 0 Å². The lowest BCUT2D eigenvalue weighted by Crippen LogP contribution is -2.15. The van der Waals surface area contributed by atoms with E-state index in [1.54, 1.807) is 7.11 Å². The number of hydrogen-bond donors (Lipinski definition) is 1. The van der Waals surface area contributed by atoms with E-state index in [1.165, 1.54) is 0 Å². The SMILES string of the molecule is CCCNCc1ccn(CCOc2ccc(OC)cc2)n1. The maximum Gasteiger partial charge on any atom is 0.119 e. The Morgan fingerprint density at radius 1 is 1.14 bits per heavy atom. The molecule has 5 heteroatoms. The molecule has 21 heavy (non-hydrogen) atoms. The zero-order valence-electron chi connectivity index (χ0n) is 12.7. The minimum absolute atomic E-state index is 0.593. The average Bonchev–Trinajstić information content (AvgIpc) is 2.96. The molecule has 0 fully saturated rings. The molecule has 0 bridgehead atoms. The molecule has 0 saturated heterocycles. The first-order valence-corrected chi connectivity index (χ1v) is 7.31. The summed E-state index contributed by atoms with van der Waals surface area (Å²) in [6, 6.07) is 9.63. The van der Waals surface area contributed by atoms with Gasteiger partial charge in [0, 0.05) is 12.7 Å². The average molecular weight is 289 g/mol. The monoisotopic (exact) mass is 289 g/mol. The Morgan fingerprint density at radius 2 is 1.90 bits per heavy atom.